The minimum absolute atomic E-state index is 0.00475. The minimum atomic E-state index is -4.12. The summed E-state index contributed by atoms with van der Waals surface area (Å²) in [5.74, 6) is 0.00949. The smallest absolute Gasteiger partial charge is 0.339 e. The lowest BCUT2D eigenvalue weighted by Crippen LogP contribution is -2.29. The molecule has 16 heteroatoms. The number of carbonyl (C=O) groups is 2. The van der Waals surface area contributed by atoms with Crippen LogP contribution in [-0.2, 0) is 33.3 Å². The lowest BCUT2D eigenvalue weighted by molar-refractivity contribution is 0.251. The molecule has 0 saturated heterocycles. The van der Waals surface area contributed by atoms with E-state index in [1.165, 1.54) is 84.9 Å². The summed E-state index contributed by atoms with van der Waals surface area (Å²) in [4.78, 5) is 25.0. The molecule has 0 bridgehead atoms. The van der Waals surface area contributed by atoms with E-state index in [4.69, 9.17) is 31.6 Å². The van der Waals surface area contributed by atoms with Crippen molar-refractivity contribution in [3.05, 3.63) is 142 Å². The molecule has 0 heterocycles. The molecule has 0 fully saturated rings. The molecule has 4 amide bonds. The number of hydrogen-bond donors (Lipinski definition) is 4. The lowest BCUT2D eigenvalue weighted by atomic mass is 10.1. The van der Waals surface area contributed by atoms with Crippen LogP contribution in [0.1, 0.15) is 11.1 Å². The summed E-state index contributed by atoms with van der Waals surface area (Å²) < 4.78 is 60.7. The van der Waals surface area contributed by atoms with Gasteiger partial charge in [-0.1, -0.05) is 59.6 Å². The van der Waals surface area contributed by atoms with E-state index in [9.17, 15) is 26.4 Å². The Morgan fingerprint density at radius 2 is 0.900 bits per heavy atom. The number of rotatable bonds is 12. The van der Waals surface area contributed by atoms with Crippen molar-refractivity contribution in [3.63, 3.8) is 0 Å². The van der Waals surface area contributed by atoms with Crippen LogP contribution in [0.2, 0.25) is 10.0 Å². The van der Waals surface area contributed by atoms with Crippen LogP contribution in [0.3, 0.4) is 0 Å². The third kappa shape index (κ3) is 10.4. The van der Waals surface area contributed by atoms with Crippen LogP contribution in [0.5, 0.6) is 11.5 Å². The number of nitrogens with one attached hydrogen (secondary N) is 4. The normalized spacial score (nSPS) is 11.2. The lowest BCUT2D eigenvalue weighted by Gasteiger charge is -2.12. The van der Waals surface area contributed by atoms with Crippen molar-refractivity contribution in [1.82, 2.24) is 10.6 Å². The van der Waals surface area contributed by atoms with Crippen LogP contribution in [0, 0.1) is 0 Å². The van der Waals surface area contributed by atoms with Crippen LogP contribution in [0.15, 0.2) is 131 Å². The Balaban J connectivity index is 1.09. The highest BCUT2D eigenvalue weighted by molar-refractivity contribution is 7.87. The number of carbonyl (C=O) groups excluding carboxylic acids is 2. The molecule has 50 heavy (non-hydrogen) atoms. The van der Waals surface area contributed by atoms with Gasteiger partial charge in [-0.05, 0) is 83.9 Å². The van der Waals surface area contributed by atoms with Gasteiger partial charge < -0.3 is 29.6 Å². The maximum absolute atomic E-state index is 12.6. The zero-order chi connectivity index (χ0) is 35.7. The molecule has 5 aromatic carbocycles. The van der Waals surface area contributed by atoms with Gasteiger partial charge in [-0.3, -0.25) is 0 Å². The summed E-state index contributed by atoms with van der Waals surface area (Å²) in [6.45, 7) is 0.303. The van der Waals surface area contributed by atoms with Gasteiger partial charge >= 0.3 is 32.3 Å². The Hall–Kier alpha value is -5.28. The summed E-state index contributed by atoms with van der Waals surface area (Å²) in [6, 6.07) is 29.0. The summed E-state index contributed by atoms with van der Waals surface area (Å²) in [5.41, 5.74) is 2.10. The van der Waals surface area contributed by atoms with Gasteiger partial charge in [-0.2, -0.15) is 16.8 Å². The van der Waals surface area contributed by atoms with E-state index >= 15 is 0 Å². The van der Waals surface area contributed by atoms with Gasteiger partial charge in [0.05, 0.1) is 0 Å². The number of urea groups is 2. The zero-order valence-corrected chi connectivity index (χ0v) is 28.9. The van der Waals surface area contributed by atoms with E-state index in [0.29, 0.717) is 21.4 Å². The first kappa shape index (κ1) is 36.0. The topological polar surface area (TPSA) is 169 Å². The van der Waals surface area contributed by atoms with Gasteiger partial charge in [0.1, 0.15) is 21.3 Å². The van der Waals surface area contributed by atoms with Crippen molar-refractivity contribution in [2.75, 3.05) is 10.6 Å². The zero-order valence-electron chi connectivity index (χ0n) is 25.8. The SMILES string of the molecule is O=C(NCc1cccc(CNC(=O)Nc2cccc(OS(=O)(=O)c3ccc(Cl)cc3)c2)c1)Nc1cccc(OS(=O)(=O)c2ccc(Cl)cc2)c1. The minimum Gasteiger partial charge on any atom is -0.379 e. The largest absolute Gasteiger partial charge is 0.379 e. The van der Waals surface area contributed by atoms with Crippen LogP contribution in [-0.4, -0.2) is 28.9 Å². The molecule has 0 radical (unpaired) electrons. The number of benzene rings is 5. The second-order valence-electron chi connectivity index (χ2n) is 10.5. The quantitative estimate of drug-likeness (QED) is 0.0972. The predicted octanol–water partition coefficient (Wildman–Crippen LogP) is 7.17. The summed E-state index contributed by atoms with van der Waals surface area (Å²) in [5, 5.41) is 11.5. The van der Waals surface area contributed by atoms with Crippen molar-refractivity contribution in [2.24, 2.45) is 0 Å². The predicted molar refractivity (Wildman–Crippen MR) is 190 cm³/mol. The highest BCUT2D eigenvalue weighted by atomic mass is 35.5. The van der Waals surface area contributed by atoms with E-state index < -0.39 is 32.3 Å². The molecule has 0 aliphatic heterocycles. The summed E-state index contributed by atoms with van der Waals surface area (Å²) in [7, 11) is -8.23. The van der Waals surface area contributed by atoms with Crippen molar-refractivity contribution < 1.29 is 34.8 Å². The van der Waals surface area contributed by atoms with Gasteiger partial charge in [0, 0.05) is 46.6 Å². The first-order valence-electron chi connectivity index (χ1n) is 14.6. The van der Waals surface area contributed by atoms with Gasteiger partial charge in [0.15, 0.2) is 0 Å². The van der Waals surface area contributed by atoms with Crippen molar-refractivity contribution in [3.8, 4) is 11.5 Å². The van der Waals surface area contributed by atoms with Crippen molar-refractivity contribution in [2.45, 2.75) is 22.9 Å². The van der Waals surface area contributed by atoms with Gasteiger partial charge in [-0.15, -0.1) is 0 Å². The highest BCUT2D eigenvalue weighted by Gasteiger charge is 2.18. The molecular weight excluding hydrogens is 727 g/mol. The molecule has 0 spiro atoms. The van der Waals surface area contributed by atoms with Crippen LogP contribution < -0.4 is 29.6 Å². The molecule has 5 aromatic rings. The maximum Gasteiger partial charge on any atom is 0.339 e. The number of anilines is 2. The van der Waals surface area contributed by atoms with Crippen molar-refractivity contribution >= 4 is 66.9 Å². The Morgan fingerprint density at radius 3 is 1.30 bits per heavy atom. The monoisotopic (exact) mass is 754 g/mol. The molecule has 0 aliphatic carbocycles. The third-order valence-electron chi connectivity index (χ3n) is 6.70. The molecular formula is C34H28Cl2N4O8S2. The Morgan fingerprint density at radius 1 is 0.520 bits per heavy atom. The third-order valence-corrected chi connectivity index (χ3v) is 9.72. The molecule has 12 nitrogen and oxygen atoms in total. The van der Waals surface area contributed by atoms with E-state index in [-0.39, 0.29) is 34.4 Å². The summed E-state index contributed by atoms with van der Waals surface area (Å²) in [6.07, 6.45) is 0. The molecule has 258 valence electrons. The number of amides is 4. The molecule has 4 N–H and O–H groups in total. The first-order valence-corrected chi connectivity index (χ1v) is 18.2. The fourth-order valence-corrected chi connectivity index (χ4v) is 6.47. The van der Waals surface area contributed by atoms with Crippen LogP contribution in [0.4, 0.5) is 21.0 Å². The number of hydrogen-bond acceptors (Lipinski definition) is 8. The van der Waals surface area contributed by atoms with E-state index in [1.54, 1.807) is 36.4 Å². The second-order valence-corrected chi connectivity index (χ2v) is 14.4. The van der Waals surface area contributed by atoms with Crippen molar-refractivity contribution in [1.29, 1.82) is 0 Å². The van der Waals surface area contributed by atoms with Crippen LogP contribution in [0.25, 0.3) is 0 Å². The number of halogens is 2. The van der Waals surface area contributed by atoms with E-state index in [2.05, 4.69) is 21.3 Å². The average Bonchev–Trinajstić information content (AvgIpc) is 3.07. The van der Waals surface area contributed by atoms with Crippen LogP contribution >= 0.6 is 23.2 Å². The molecule has 0 aliphatic rings. The van der Waals surface area contributed by atoms with E-state index in [1.807, 2.05) is 0 Å². The molecule has 0 atom stereocenters. The van der Waals surface area contributed by atoms with Gasteiger partial charge in [-0.25, -0.2) is 9.59 Å². The van der Waals surface area contributed by atoms with Gasteiger partial charge in [0.25, 0.3) is 0 Å². The maximum atomic E-state index is 12.6. The molecule has 5 rings (SSSR count). The molecule has 0 saturated carbocycles. The molecule has 0 aromatic heterocycles. The summed E-state index contributed by atoms with van der Waals surface area (Å²) >= 11 is 11.7. The Bertz CT molecular complexity index is 2060. The fraction of sp³-hybridized carbons (Fsp3) is 0.0588. The molecule has 0 unspecified atom stereocenters. The second kappa shape index (κ2) is 16.0. The Labute approximate surface area is 298 Å². The van der Waals surface area contributed by atoms with Gasteiger partial charge in [0.2, 0.25) is 0 Å². The fourth-order valence-electron chi connectivity index (χ4n) is 4.37. The Kier molecular flexibility index (Phi) is 11.5. The first-order chi connectivity index (χ1) is 23.8. The highest BCUT2D eigenvalue weighted by Crippen LogP contribution is 2.24. The van der Waals surface area contributed by atoms with E-state index in [0.717, 1.165) is 11.1 Å². The average molecular weight is 756 g/mol. The standard InChI is InChI=1S/C34H28Cl2N4O8S2/c35-25-10-14-31(15-11-25)49(43,44)47-29-8-2-6-27(19-29)39-33(41)37-21-23-4-1-5-24(18-23)22-38-34(42)40-28-7-3-9-30(20-28)48-50(45,46)32-16-12-26(36)13-17-32/h1-20H,21-22H2,(H2,37,39,41)(H2,38,40,42).